The highest BCUT2D eigenvalue weighted by atomic mass is 32.2. The Morgan fingerprint density at radius 3 is 2.74 bits per heavy atom. The van der Waals surface area contributed by atoms with Gasteiger partial charge in [-0.3, -0.25) is 9.59 Å². The lowest BCUT2D eigenvalue weighted by Gasteiger charge is -2.34. The first-order chi connectivity index (χ1) is 12.8. The number of nitrogens with one attached hydrogen (secondary N) is 1. The van der Waals surface area contributed by atoms with Crippen molar-refractivity contribution < 1.29 is 9.59 Å². The van der Waals surface area contributed by atoms with E-state index in [1.165, 1.54) is 0 Å². The number of nitriles is 2. The Morgan fingerprint density at radius 1 is 1.37 bits per heavy atom. The molecule has 27 heavy (non-hydrogen) atoms. The van der Waals surface area contributed by atoms with Gasteiger partial charge in [0.25, 0.3) is 0 Å². The fourth-order valence-electron chi connectivity index (χ4n) is 3.68. The Kier molecular flexibility index (Phi) is 4.99. The molecule has 2 atom stereocenters. The van der Waals surface area contributed by atoms with E-state index in [1.54, 1.807) is 18.7 Å². The van der Waals surface area contributed by atoms with Crippen molar-refractivity contribution in [2.24, 2.45) is 11.3 Å². The van der Waals surface area contributed by atoms with Crippen molar-refractivity contribution in [2.75, 3.05) is 10.7 Å². The number of para-hydroxylation sites is 1. The van der Waals surface area contributed by atoms with E-state index in [1.807, 2.05) is 37.3 Å². The number of amides is 2. The van der Waals surface area contributed by atoms with Gasteiger partial charge >= 0.3 is 0 Å². The first-order valence-corrected chi connectivity index (χ1v) is 9.68. The summed E-state index contributed by atoms with van der Waals surface area (Å²) in [6.45, 7) is 5.42. The molecule has 0 aromatic heterocycles. The summed E-state index contributed by atoms with van der Waals surface area (Å²) in [5.74, 6) is -1.34. The van der Waals surface area contributed by atoms with Gasteiger partial charge in [0.15, 0.2) is 0 Å². The van der Waals surface area contributed by atoms with Gasteiger partial charge in [0, 0.05) is 17.1 Å². The average molecular weight is 380 g/mol. The molecule has 7 heteroatoms. The second-order valence-electron chi connectivity index (χ2n) is 7.32. The molecule has 138 valence electrons. The first kappa shape index (κ1) is 19.0. The van der Waals surface area contributed by atoms with E-state index >= 15 is 0 Å². The van der Waals surface area contributed by atoms with Crippen LogP contribution >= 0.6 is 11.8 Å². The highest BCUT2D eigenvalue weighted by molar-refractivity contribution is 8.03. The van der Waals surface area contributed by atoms with Crippen LogP contribution in [0.25, 0.3) is 0 Å². The molecule has 1 aromatic carbocycles. The molecule has 0 aliphatic carbocycles. The van der Waals surface area contributed by atoms with Gasteiger partial charge in [-0.2, -0.15) is 10.5 Å². The number of allylic oxidation sites excluding steroid dienone is 1. The van der Waals surface area contributed by atoms with Gasteiger partial charge in [0.05, 0.1) is 28.5 Å². The minimum absolute atomic E-state index is 0.0697. The second kappa shape index (κ2) is 7.09. The molecule has 0 radical (unpaired) electrons. The van der Waals surface area contributed by atoms with E-state index in [4.69, 9.17) is 0 Å². The number of carbonyl (C=O) groups excluding carboxylic acids is 2. The van der Waals surface area contributed by atoms with Crippen LogP contribution in [0, 0.1) is 34.0 Å². The van der Waals surface area contributed by atoms with Crippen molar-refractivity contribution in [3.05, 3.63) is 40.4 Å². The molecule has 0 unspecified atom stereocenters. The Balaban J connectivity index is 1.81. The van der Waals surface area contributed by atoms with Gasteiger partial charge in [0.2, 0.25) is 11.8 Å². The molecule has 1 aromatic rings. The minimum Gasteiger partial charge on any atom is -0.319 e. The Morgan fingerprint density at radius 2 is 2.07 bits per heavy atom. The number of hydrogen-bond acceptors (Lipinski definition) is 5. The smallest absolute Gasteiger partial charge is 0.243 e. The van der Waals surface area contributed by atoms with Crippen LogP contribution in [0.3, 0.4) is 0 Å². The summed E-state index contributed by atoms with van der Waals surface area (Å²) in [7, 11) is 0. The maximum atomic E-state index is 12.9. The summed E-state index contributed by atoms with van der Waals surface area (Å²) in [6.07, 6.45) is 0.812. The number of carbonyl (C=O) groups is 2. The summed E-state index contributed by atoms with van der Waals surface area (Å²) < 4.78 is 0. The number of hydrogen-bond donors (Lipinski definition) is 1. The number of rotatable bonds is 3. The number of fused-ring (bicyclic) bond motifs is 1. The third-order valence-corrected chi connectivity index (χ3v) is 6.13. The maximum absolute atomic E-state index is 12.9. The zero-order chi connectivity index (χ0) is 19.8. The second-order valence-corrected chi connectivity index (χ2v) is 8.31. The zero-order valence-corrected chi connectivity index (χ0v) is 16.3. The van der Waals surface area contributed by atoms with E-state index in [2.05, 4.69) is 11.4 Å². The Hall–Kier alpha value is -2.77. The standard InChI is InChI=1S/C20H20N4O2S/c1-12-8-13-6-4-5-7-16(13)24(12)17(25)11-27-19-15(10-22)20(2,3)14(9-21)18(26)23-19/h4-7,12,14H,8,11H2,1-3H3,(H,23,26)/t12-,14-/m0/s1. The minimum atomic E-state index is -0.933. The Labute approximate surface area is 162 Å². The van der Waals surface area contributed by atoms with E-state index in [9.17, 15) is 20.1 Å². The van der Waals surface area contributed by atoms with Crippen LogP contribution in [0.4, 0.5) is 5.69 Å². The highest BCUT2D eigenvalue weighted by Gasteiger charge is 2.45. The molecule has 2 aliphatic rings. The molecule has 2 heterocycles. The molecular formula is C20H20N4O2S. The van der Waals surface area contributed by atoms with Crippen LogP contribution in [0.5, 0.6) is 0 Å². The van der Waals surface area contributed by atoms with E-state index in [0.29, 0.717) is 10.6 Å². The lowest BCUT2D eigenvalue weighted by Crippen LogP contribution is -2.45. The average Bonchev–Trinajstić information content (AvgIpc) is 2.95. The summed E-state index contributed by atoms with van der Waals surface area (Å²) in [6, 6.07) is 12.0. The predicted octanol–water partition coefficient (Wildman–Crippen LogP) is 2.73. The number of nitrogens with zero attached hydrogens (tertiary/aromatic N) is 3. The molecule has 2 amide bonds. The molecule has 0 saturated heterocycles. The predicted molar refractivity (Wildman–Crippen MR) is 103 cm³/mol. The van der Waals surface area contributed by atoms with E-state index < -0.39 is 17.2 Å². The molecular weight excluding hydrogens is 360 g/mol. The quantitative estimate of drug-likeness (QED) is 0.870. The molecule has 0 spiro atoms. The lowest BCUT2D eigenvalue weighted by molar-refractivity contribution is -0.125. The summed E-state index contributed by atoms with van der Waals surface area (Å²) in [5, 5.41) is 21.8. The molecule has 1 N–H and O–H groups in total. The number of anilines is 1. The molecule has 6 nitrogen and oxygen atoms in total. The van der Waals surface area contributed by atoms with Gasteiger partial charge in [-0.05, 0) is 25.0 Å². The van der Waals surface area contributed by atoms with Crippen molar-refractivity contribution in [1.82, 2.24) is 5.32 Å². The zero-order valence-electron chi connectivity index (χ0n) is 15.4. The summed E-state index contributed by atoms with van der Waals surface area (Å²) in [4.78, 5) is 26.9. The van der Waals surface area contributed by atoms with Crippen molar-refractivity contribution in [2.45, 2.75) is 33.2 Å². The largest absolute Gasteiger partial charge is 0.319 e. The van der Waals surface area contributed by atoms with Crippen LogP contribution in [0.15, 0.2) is 34.9 Å². The number of thioether (sulfide) groups is 1. The highest BCUT2D eigenvalue weighted by Crippen LogP contribution is 2.42. The fraction of sp³-hybridized carbons (Fsp3) is 0.400. The molecule has 0 bridgehead atoms. The third-order valence-electron chi connectivity index (χ3n) is 5.15. The number of benzene rings is 1. The topological polar surface area (TPSA) is 97.0 Å². The lowest BCUT2D eigenvalue weighted by atomic mass is 9.72. The molecule has 3 rings (SSSR count). The molecule has 0 saturated carbocycles. The SMILES string of the molecule is C[C@H]1Cc2ccccc2N1C(=O)CSC1=C(C#N)C(C)(C)[C@@H](C#N)C(=O)N1. The van der Waals surface area contributed by atoms with Crippen molar-refractivity contribution in [1.29, 1.82) is 10.5 Å². The fourth-order valence-corrected chi connectivity index (χ4v) is 4.72. The van der Waals surface area contributed by atoms with Crippen LogP contribution < -0.4 is 10.2 Å². The molecule has 0 fully saturated rings. The van der Waals surface area contributed by atoms with Gasteiger partial charge < -0.3 is 10.2 Å². The van der Waals surface area contributed by atoms with Crippen LogP contribution in [0.2, 0.25) is 0 Å². The Bertz CT molecular complexity index is 923. The van der Waals surface area contributed by atoms with Crippen LogP contribution in [-0.2, 0) is 16.0 Å². The van der Waals surface area contributed by atoms with Crippen LogP contribution in [-0.4, -0.2) is 23.6 Å². The van der Waals surface area contributed by atoms with Crippen LogP contribution in [0.1, 0.15) is 26.3 Å². The monoisotopic (exact) mass is 380 g/mol. The van der Waals surface area contributed by atoms with E-state index in [-0.39, 0.29) is 17.7 Å². The van der Waals surface area contributed by atoms with Gasteiger partial charge in [-0.1, -0.05) is 43.8 Å². The normalized spacial score (nSPS) is 23.3. The van der Waals surface area contributed by atoms with Gasteiger partial charge in [0.1, 0.15) is 5.92 Å². The maximum Gasteiger partial charge on any atom is 0.243 e. The first-order valence-electron chi connectivity index (χ1n) is 8.69. The summed E-state index contributed by atoms with van der Waals surface area (Å²) in [5.41, 5.74) is 1.50. The van der Waals surface area contributed by atoms with Gasteiger partial charge in [-0.25, -0.2) is 0 Å². The van der Waals surface area contributed by atoms with Gasteiger partial charge in [-0.15, -0.1) is 0 Å². The van der Waals surface area contributed by atoms with Crippen molar-refractivity contribution >= 4 is 29.3 Å². The third kappa shape index (κ3) is 3.20. The van der Waals surface area contributed by atoms with Crippen molar-refractivity contribution in [3.63, 3.8) is 0 Å². The molecule has 2 aliphatic heterocycles. The van der Waals surface area contributed by atoms with Crippen molar-refractivity contribution in [3.8, 4) is 12.1 Å². The summed E-state index contributed by atoms with van der Waals surface area (Å²) >= 11 is 1.14. The van der Waals surface area contributed by atoms with E-state index in [0.717, 1.165) is 29.4 Å².